The van der Waals surface area contributed by atoms with E-state index in [1.54, 1.807) is 6.92 Å². The predicted octanol–water partition coefficient (Wildman–Crippen LogP) is 3.80. The molecule has 1 aliphatic heterocycles. The highest BCUT2D eigenvalue weighted by Crippen LogP contribution is 2.47. The molecule has 2 rings (SSSR count). The Morgan fingerprint density at radius 1 is 1.23 bits per heavy atom. The van der Waals surface area contributed by atoms with Gasteiger partial charge in [0.2, 0.25) is 0 Å². The first kappa shape index (κ1) is 18.0. The predicted molar refractivity (Wildman–Crippen MR) is 90.8 cm³/mol. The number of ketones is 1. The van der Waals surface area contributed by atoms with Crippen molar-refractivity contribution in [1.82, 2.24) is 0 Å². The Labute approximate surface area is 138 Å². The highest BCUT2D eigenvalue weighted by Gasteiger charge is 2.46. The number of rotatable bonds is 6. The molecule has 0 spiro atoms. The summed E-state index contributed by atoms with van der Waals surface area (Å²) in [6.07, 6.45) is 2.37. The molecule has 0 aromatic rings. The van der Waals surface area contributed by atoms with Crippen LogP contribution in [0.15, 0.2) is 0 Å². The fraction of sp³-hybridized carbons (Fsp3) is 0.889. The molecule has 6 unspecified atom stereocenters. The van der Waals surface area contributed by atoms with Crippen molar-refractivity contribution < 1.29 is 14.3 Å². The molecule has 0 radical (unpaired) electrons. The highest BCUT2D eigenvalue weighted by molar-refractivity contribution is 8.13. The maximum Gasteiger partial charge on any atom is 0.193 e. The lowest BCUT2D eigenvalue weighted by molar-refractivity contribution is -0.135. The second kappa shape index (κ2) is 7.48. The van der Waals surface area contributed by atoms with Gasteiger partial charge in [0.1, 0.15) is 5.78 Å². The number of Topliss-reactive ketones (excluding diaryl/α,β-unsaturated/α-hetero) is 1. The maximum absolute atomic E-state index is 12.8. The Bertz CT molecular complexity index is 417. The molecular formula is C18H30O3S. The lowest BCUT2D eigenvalue weighted by Gasteiger charge is -2.44. The zero-order valence-corrected chi connectivity index (χ0v) is 15.3. The first-order valence-corrected chi connectivity index (χ1v) is 9.58. The normalized spacial score (nSPS) is 38.1. The maximum atomic E-state index is 12.8. The minimum Gasteiger partial charge on any atom is -0.372 e. The molecule has 0 aromatic heterocycles. The molecule has 2 fully saturated rings. The van der Waals surface area contributed by atoms with Crippen molar-refractivity contribution in [3.8, 4) is 0 Å². The Kier molecular flexibility index (Phi) is 6.12. The van der Waals surface area contributed by atoms with Crippen molar-refractivity contribution in [2.24, 2.45) is 35.5 Å². The zero-order valence-electron chi connectivity index (χ0n) is 14.5. The summed E-state index contributed by atoms with van der Waals surface area (Å²) < 4.78 is 5.21. The van der Waals surface area contributed by atoms with Gasteiger partial charge in [-0.3, -0.25) is 9.59 Å². The van der Waals surface area contributed by atoms with E-state index in [0.717, 1.165) is 25.2 Å². The summed E-state index contributed by atoms with van der Waals surface area (Å²) in [7, 11) is 0. The van der Waals surface area contributed by atoms with Crippen LogP contribution in [0.4, 0.5) is 0 Å². The topological polar surface area (TPSA) is 46.7 Å². The molecule has 1 heterocycles. The average molecular weight is 327 g/mol. The van der Waals surface area contributed by atoms with Crippen LogP contribution < -0.4 is 0 Å². The highest BCUT2D eigenvalue weighted by atomic mass is 32.2. The van der Waals surface area contributed by atoms with E-state index in [1.807, 2.05) is 0 Å². The Morgan fingerprint density at radius 3 is 2.36 bits per heavy atom. The van der Waals surface area contributed by atoms with E-state index >= 15 is 0 Å². The lowest BCUT2D eigenvalue weighted by atomic mass is 9.60. The van der Waals surface area contributed by atoms with Crippen LogP contribution >= 0.6 is 11.8 Å². The van der Waals surface area contributed by atoms with E-state index in [4.69, 9.17) is 4.74 Å². The molecule has 0 amide bonds. The second-order valence-electron chi connectivity index (χ2n) is 7.71. The van der Waals surface area contributed by atoms with Crippen LogP contribution in [-0.2, 0) is 14.3 Å². The second-order valence-corrected chi connectivity index (χ2v) is 8.73. The average Bonchev–Trinajstić information content (AvgIpc) is 3.22. The van der Waals surface area contributed by atoms with E-state index < -0.39 is 0 Å². The van der Waals surface area contributed by atoms with E-state index in [-0.39, 0.29) is 28.8 Å². The summed E-state index contributed by atoms with van der Waals surface area (Å²) in [6.45, 7) is 11.2. The van der Waals surface area contributed by atoms with E-state index in [0.29, 0.717) is 23.7 Å². The van der Waals surface area contributed by atoms with Crippen LogP contribution in [0.1, 0.15) is 47.5 Å². The van der Waals surface area contributed by atoms with Crippen molar-refractivity contribution in [2.45, 2.75) is 53.6 Å². The summed E-state index contributed by atoms with van der Waals surface area (Å²) in [6, 6.07) is 0. The quantitative estimate of drug-likeness (QED) is 0.696. The number of carbonyl (C=O) groups is 2. The van der Waals surface area contributed by atoms with Gasteiger partial charge in [-0.25, -0.2) is 0 Å². The monoisotopic (exact) mass is 326 g/mol. The van der Waals surface area contributed by atoms with Gasteiger partial charge >= 0.3 is 0 Å². The molecular weight excluding hydrogens is 296 g/mol. The molecule has 0 aromatic carbocycles. The smallest absolute Gasteiger partial charge is 0.193 e. The third kappa shape index (κ3) is 4.35. The fourth-order valence-electron chi connectivity index (χ4n) is 4.06. The molecule has 1 aliphatic carbocycles. The van der Waals surface area contributed by atoms with Crippen LogP contribution in [0.3, 0.4) is 0 Å². The Morgan fingerprint density at radius 2 is 1.86 bits per heavy atom. The van der Waals surface area contributed by atoms with Gasteiger partial charge in [-0.15, -0.1) is 0 Å². The number of ether oxygens (including phenoxy) is 1. The minimum absolute atomic E-state index is 0.102. The first-order valence-electron chi connectivity index (χ1n) is 8.59. The molecule has 3 nitrogen and oxygen atoms in total. The third-order valence-electron chi connectivity index (χ3n) is 5.36. The van der Waals surface area contributed by atoms with Crippen LogP contribution in [-0.4, -0.2) is 29.4 Å². The molecule has 126 valence electrons. The number of thioether (sulfide) groups is 1. The molecule has 1 saturated heterocycles. The molecule has 4 heteroatoms. The number of hydrogen-bond donors (Lipinski definition) is 0. The van der Waals surface area contributed by atoms with Gasteiger partial charge in [-0.2, -0.15) is 0 Å². The van der Waals surface area contributed by atoms with Gasteiger partial charge < -0.3 is 4.74 Å². The lowest BCUT2D eigenvalue weighted by Crippen LogP contribution is -2.45. The van der Waals surface area contributed by atoms with E-state index in [1.165, 1.54) is 11.8 Å². The van der Waals surface area contributed by atoms with Crippen LogP contribution in [0.2, 0.25) is 0 Å². The van der Waals surface area contributed by atoms with Crippen molar-refractivity contribution in [3.05, 3.63) is 0 Å². The van der Waals surface area contributed by atoms with Crippen molar-refractivity contribution in [1.29, 1.82) is 0 Å². The Hall–Kier alpha value is -0.350. The molecule has 6 atom stereocenters. The summed E-state index contributed by atoms with van der Waals surface area (Å²) in [5.41, 5.74) is 0. The van der Waals surface area contributed by atoms with Gasteiger partial charge in [-0.05, 0) is 43.4 Å². The molecule has 1 saturated carbocycles. The number of epoxide rings is 1. The summed E-state index contributed by atoms with van der Waals surface area (Å²) in [5, 5.41) is 0.222. The van der Waals surface area contributed by atoms with E-state index in [9.17, 15) is 9.59 Å². The number of carbonyl (C=O) groups excluding carboxylic acids is 2. The fourth-order valence-corrected chi connectivity index (χ4v) is 5.13. The largest absolute Gasteiger partial charge is 0.372 e. The van der Waals surface area contributed by atoms with Crippen LogP contribution in [0, 0.1) is 35.5 Å². The molecule has 22 heavy (non-hydrogen) atoms. The van der Waals surface area contributed by atoms with Gasteiger partial charge in [0.25, 0.3) is 0 Å². The Balaban J connectivity index is 2.17. The van der Waals surface area contributed by atoms with Gasteiger partial charge in [0, 0.05) is 17.6 Å². The van der Waals surface area contributed by atoms with E-state index in [2.05, 4.69) is 27.7 Å². The van der Waals surface area contributed by atoms with Gasteiger partial charge in [0.05, 0.1) is 12.7 Å². The summed E-state index contributed by atoms with van der Waals surface area (Å²) in [4.78, 5) is 25.1. The SMILES string of the molecule is CC(=O)C1C(C)C(C)CC(CC(C)C)C1C(=O)SCC1CO1. The standard InChI is InChI=1S/C18H30O3S/c1-10(2)6-14-7-11(3)12(4)16(13(5)19)17(14)18(20)22-9-15-8-21-15/h10-12,14-17H,6-9H2,1-5H3. The summed E-state index contributed by atoms with van der Waals surface area (Å²) in [5.74, 6) is 2.45. The molecule has 0 bridgehead atoms. The minimum atomic E-state index is -0.104. The summed E-state index contributed by atoms with van der Waals surface area (Å²) >= 11 is 1.39. The van der Waals surface area contributed by atoms with Crippen molar-refractivity contribution in [2.75, 3.05) is 12.4 Å². The van der Waals surface area contributed by atoms with Crippen LogP contribution in [0.25, 0.3) is 0 Å². The van der Waals surface area contributed by atoms with Crippen molar-refractivity contribution >= 4 is 22.7 Å². The molecule has 0 N–H and O–H groups in total. The third-order valence-corrected chi connectivity index (χ3v) is 6.46. The van der Waals surface area contributed by atoms with Crippen molar-refractivity contribution in [3.63, 3.8) is 0 Å². The zero-order chi connectivity index (χ0) is 16.4. The van der Waals surface area contributed by atoms with Gasteiger partial charge in [0.15, 0.2) is 5.12 Å². The number of hydrogen-bond acceptors (Lipinski definition) is 4. The van der Waals surface area contributed by atoms with Crippen LogP contribution in [0.5, 0.6) is 0 Å². The molecule has 2 aliphatic rings. The van der Waals surface area contributed by atoms with Gasteiger partial charge in [-0.1, -0.05) is 39.5 Å². The first-order chi connectivity index (χ1) is 10.3.